The Balaban J connectivity index is 1.72. The number of amides is 2. The standard InChI is InChI=1S/C26H32Cl2N2O2S/c1-3-24(26(32)29-21-9-4-5-10-21)30(15-19-11-12-22(27)23(28)14-19)25(31)17-33-16-20-8-6-7-18(2)13-20/h6-8,11-14,21,24H,3-5,9-10,15-17H2,1-2H3,(H,29,32)/t24-/m1/s1. The SMILES string of the molecule is CC[C@H](C(=O)NC1CCCC1)N(Cc1ccc(Cl)c(Cl)c1)C(=O)CSCc1cccc(C)c1. The molecular weight excluding hydrogens is 475 g/mol. The van der Waals surface area contributed by atoms with Crippen molar-refractivity contribution in [2.45, 2.75) is 70.3 Å². The van der Waals surface area contributed by atoms with Crippen LogP contribution in [0.25, 0.3) is 0 Å². The maximum absolute atomic E-state index is 13.4. The van der Waals surface area contributed by atoms with E-state index in [-0.39, 0.29) is 17.9 Å². The molecule has 1 aliphatic carbocycles. The van der Waals surface area contributed by atoms with Crippen LogP contribution in [0.5, 0.6) is 0 Å². The number of rotatable bonds is 10. The lowest BCUT2D eigenvalue weighted by Gasteiger charge is -2.31. The monoisotopic (exact) mass is 506 g/mol. The molecule has 2 aromatic rings. The highest BCUT2D eigenvalue weighted by molar-refractivity contribution is 7.99. The molecule has 0 saturated heterocycles. The Morgan fingerprint density at radius 1 is 1.09 bits per heavy atom. The zero-order chi connectivity index (χ0) is 23.8. The van der Waals surface area contributed by atoms with Crippen LogP contribution in [0.15, 0.2) is 42.5 Å². The number of benzene rings is 2. The first kappa shape index (κ1) is 25.9. The highest BCUT2D eigenvalue weighted by atomic mass is 35.5. The van der Waals surface area contributed by atoms with Crippen molar-refractivity contribution in [1.82, 2.24) is 10.2 Å². The number of nitrogens with one attached hydrogen (secondary N) is 1. The van der Waals surface area contributed by atoms with E-state index in [1.165, 1.54) is 11.1 Å². The zero-order valence-corrected chi connectivity index (χ0v) is 21.6. The molecule has 1 saturated carbocycles. The van der Waals surface area contributed by atoms with E-state index in [1.54, 1.807) is 28.8 Å². The van der Waals surface area contributed by atoms with E-state index in [0.29, 0.717) is 28.8 Å². The Hall–Kier alpha value is -1.69. The number of hydrogen-bond acceptors (Lipinski definition) is 3. The molecule has 33 heavy (non-hydrogen) atoms. The largest absolute Gasteiger partial charge is 0.352 e. The van der Waals surface area contributed by atoms with E-state index in [2.05, 4.69) is 30.4 Å². The smallest absolute Gasteiger partial charge is 0.243 e. The van der Waals surface area contributed by atoms with Crippen LogP contribution in [0.3, 0.4) is 0 Å². The Labute approximate surface area is 211 Å². The molecule has 0 aliphatic heterocycles. The van der Waals surface area contributed by atoms with E-state index < -0.39 is 6.04 Å². The van der Waals surface area contributed by atoms with Crippen LogP contribution in [-0.4, -0.2) is 34.6 Å². The fourth-order valence-electron chi connectivity index (χ4n) is 4.26. The molecule has 7 heteroatoms. The molecule has 2 amide bonds. The Bertz CT molecular complexity index is 963. The van der Waals surface area contributed by atoms with Crippen molar-refractivity contribution in [1.29, 1.82) is 0 Å². The molecule has 0 aromatic heterocycles. The van der Waals surface area contributed by atoms with E-state index in [4.69, 9.17) is 23.2 Å². The quantitative estimate of drug-likeness (QED) is 0.405. The number of carbonyl (C=O) groups excluding carboxylic acids is 2. The number of hydrogen-bond donors (Lipinski definition) is 1. The van der Waals surface area contributed by atoms with Crippen LogP contribution >= 0.6 is 35.0 Å². The molecule has 3 rings (SSSR count). The third kappa shape index (κ3) is 7.66. The summed E-state index contributed by atoms with van der Waals surface area (Å²) in [5.41, 5.74) is 3.25. The van der Waals surface area contributed by atoms with Gasteiger partial charge in [-0.05, 0) is 49.4 Å². The van der Waals surface area contributed by atoms with Crippen LogP contribution < -0.4 is 5.32 Å². The van der Waals surface area contributed by atoms with E-state index in [9.17, 15) is 9.59 Å². The predicted molar refractivity (Wildman–Crippen MR) is 139 cm³/mol. The molecule has 0 spiro atoms. The average molecular weight is 508 g/mol. The van der Waals surface area contributed by atoms with Crippen molar-refractivity contribution < 1.29 is 9.59 Å². The van der Waals surface area contributed by atoms with Gasteiger partial charge in [-0.2, -0.15) is 0 Å². The Morgan fingerprint density at radius 3 is 2.52 bits per heavy atom. The summed E-state index contributed by atoms with van der Waals surface area (Å²) in [5, 5.41) is 4.09. The summed E-state index contributed by atoms with van der Waals surface area (Å²) in [4.78, 5) is 28.2. The van der Waals surface area contributed by atoms with Gasteiger partial charge in [0.2, 0.25) is 11.8 Å². The van der Waals surface area contributed by atoms with Crippen molar-refractivity contribution in [3.63, 3.8) is 0 Å². The lowest BCUT2D eigenvalue weighted by atomic mass is 10.1. The zero-order valence-electron chi connectivity index (χ0n) is 19.3. The summed E-state index contributed by atoms with van der Waals surface area (Å²) in [7, 11) is 0. The molecule has 1 aliphatic rings. The van der Waals surface area contributed by atoms with E-state index in [1.807, 2.05) is 19.1 Å². The number of nitrogens with zero attached hydrogens (tertiary/aromatic N) is 1. The first-order valence-electron chi connectivity index (χ1n) is 11.5. The van der Waals surface area contributed by atoms with Gasteiger partial charge in [0.25, 0.3) is 0 Å². The van der Waals surface area contributed by atoms with Gasteiger partial charge in [-0.3, -0.25) is 9.59 Å². The second-order valence-corrected chi connectivity index (χ2v) is 10.5. The number of thioether (sulfide) groups is 1. The minimum atomic E-state index is -0.521. The average Bonchev–Trinajstić information content (AvgIpc) is 3.29. The number of aryl methyl sites for hydroxylation is 1. The molecular formula is C26H32Cl2N2O2S. The van der Waals surface area contributed by atoms with Gasteiger partial charge in [0.15, 0.2) is 0 Å². The second-order valence-electron chi connectivity index (χ2n) is 8.67. The number of halogens is 2. The van der Waals surface area contributed by atoms with Crippen molar-refractivity contribution in [2.24, 2.45) is 0 Å². The Morgan fingerprint density at radius 2 is 1.85 bits per heavy atom. The third-order valence-corrected chi connectivity index (χ3v) is 7.73. The summed E-state index contributed by atoms with van der Waals surface area (Å²) < 4.78 is 0. The molecule has 0 radical (unpaired) electrons. The van der Waals surface area contributed by atoms with Crippen LogP contribution in [0.4, 0.5) is 0 Å². The summed E-state index contributed by atoms with van der Waals surface area (Å²) in [6.45, 7) is 4.33. The molecule has 178 valence electrons. The van der Waals surface area contributed by atoms with Crippen LogP contribution in [0, 0.1) is 6.92 Å². The molecule has 2 aromatic carbocycles. The molecule has 0 bridgehead atoms. The topological polar surface area (TPSA) is 49.4 Å². The van der Waals surface area contributed by atoms with Gasteiger partial charge in [0.05, 0.1) is 15.8 Å². The van der Waals surface area contributed by atoms with Gasteiger partial charge in [-0.25, -0.2) is 0 Å². The van der Waals surface area contributed by atoms with Gasteiger partial charge in [-0.1, -0.05) is 78.9 Å². The lowest BCUT2D eigenvalue weighted by Crippen LogP contribution is -2.51. The number of carbonyl (C=O) groups is 2. The van der Waals surface area contributed by atoms with Gasteiger partial charge >= 0.3 is 0 Å². The fraction of sp³-hybridized carbons (Fsp3) is 0.462. The molecule has 4 nitrogen and oxygen atoms in total. The molecule has 0 unspecified atom stereocenters. The highest BCUT2D eigenvalue weighted by Gasteiger charge is 2.30. The normalized spacial score (nSPS) is 14.8. The summed E-state index contributed by atoms with van der Waals surface area (Å²) in [5.74, 6) is 0.940. The minimum absolute atomic E-state index is 0.0489. The third-order valence-electron chi connectivity index (χ3n) is 6.00. The molecule has 0 heterocycles. The van der Waals surface area contributed by atoms with Gasteiger partial charge in [0.1, 0.15) is 6.04 Å². The molecule has 1 atom stereocenters. The Kier molecular flexibility index (Phi) is 9.96. The maximum Gasteiger partial charge on any atom is 0.243 e. The van der Waals surface area contributed by atoms with E-state index >= 15 is 0 Å². The van der Waals surface area contributed by atoms with Gasteiger partial charge in [-0.15, -0.1) is 11.8 Å². The van der Waals surface area contributed by atoms with Gasteiger partial charge < -0.3 is 10.2 Å². The molecule has 1 N–H and O–H groups in total. The van der Waals surface area contributed by atoms with Crippen molar-refractivity contribution in [3.8, 4) is 0 Å². The molecule has 1 fully saturated rings. The first-order chi connectivity index (χ1) is 15.9. The van der Waals surface area contributed by atoms with Crippen molar-refractivity contribution in [2.75, 3.05) is 5.75 Å². The fourth-order valence-corrected chi connectivity index (χ4v) is 5.44. The predicted octanol–water partition coefficient (Wildman–Crippen LogP) is 6.40. The van der Waals surface area contributed by atoms with Crippen molar-refractivity contribution >= 4 is 46.8 Å². The van der Waals surface area contributed by atoms with Crippen LogP contribution in [0.2, 0.25) is 10.0 Å². The summed E-state index contributed by atoms with van der Waals surface area (Å²) >= 11 is 13.9. The second kappa shape index (κ2) is 12.7. The van der Waals surface area contributed by atoms with E-state index in [0.717, 1.165) is 37.0 Å². The highest BCUT2D eigenvalue weighted by Crippen LogP contribution is 2.25. The van der Waals surface area contributed by atoms with Crippen LogP contribution in [-0.2, 0) is 21.9 Å². The maximum atomic E-state index is 13.4. The minimum Gasteiger partial charge on any atom is -0.352 e. The summed E-state index contributed by atoms with van der Waals surface area (Å²) in [6, 6.07) is 13.3. The lowest BCUT2D eigenvalue weighted by molar-refractivity contribution is -0.139. The first-order valence-corrected chi connectivity index (χ1v) is 13.5. The van der Waals surface area contributed by atoms with Gasteiger partial charge in [0, 0.05) is 18.3 Å². The summed E-state index contributed by atoms with van der Waals surface area (Å²) in [6.07, 6.45) is 4.85. The van der Waals surface area contributed by atoms with Crippen LogP contribution in [0.1, 0.15) is 55.7 Å². The van der Waals surface area contributed by atoms with Crippen molar-refractivity contribution in [3.05, 3.63) is 69.2 Å².